The number of nitrogens with one attached hydrogen (secondary N) is 4. The van der Waals surface area contributed by atoms with Crippen molar-refractivity contribution in [3.63, 3.8) is 0 Å². The fourth-order valence-electron chi connectivity index (χ4n) is 3.76. The van der Waals surface area contributed by atoms with E-state index in [1.807, 2.05) is 19.1 Å². The number of carbonyl (C=O) groups is 3. The number of hydrogen-bond acceptors (Lipinski definition) is 4. The summed E-state index contributed by atoms with van der Waals surface area (Å²) in [6.07, 6.45) is -4.52. The summed E-state index contributed by atoms with van der Waals surface area (Å²) >= 11 is 0. The van der Waals surface area contributed by atoms with E-state index in [-0.39, 0.29) is 29.6 Å². The van der Waals surface area contributed by atoms with Crippen molar-refractivity contribution in [2.75, 3.05) is 27.8 Å². The molecule has 0 unspecified atom stereocenters. The smallest absolute Gasteiger partial charge is 0.376 e. The minimum absolute atomic E-state index is 0.0123. The molecule has 10 heteroatoms. The van der Waals surface area contributed by atoms with Gasteiger partial charge in [-0.25, -0.2) is 0 Å². The SMILES string of the molecule is Cc1cccc(C(=O)Nc2ccc(NC(=O)CNc3cccc(C(=O)Nc4cccc(C(F)(F)F)c4)c3)cc2)c1. The maximum atomic E-state index is 12.9. The quantitative estimate of drug-likeness (QED) is 0.201. The second kappa shape index (κ2) is 12.2. The van der Waals surface area contributed by atoms with Gasteiger partial charge in [-0.2, -0.15) is 13.2 Å². The van der Waals surface area contributed by atoms with Crippen molar-refractivity contribution in [3.05, 3.63) is 119 Å². The van der Waals surface area contributed by atoms with Crippen LogP contribution < -0.4 is 21.3 Å². The molecule has 0 fully saturated rings. The first kappa shape index (κ1) is 27.9. The van der Waals surface area contributed by atoms with Crippen LogP contribution in [0.1, 0.15) is 31.8 Å². The predicted molar refractivity (Wildman–Crippen MR) is 149 cm³/mol. The van der Waals surface area contributed by atoms with Gasteiger partial charge in [0.15, 0.2) is 0 Å². The molecule has 0 aliphatic heterocycles. The van der Waals surface area contributed by atoms with Gasteiger partial charge in [-0.3, -0.25) is 14.4 Å². The molecular weight excluding hydrogens is 521 g/mol. The molecule has 0 aliphatic carbocycles. The molecule has 0 aliphatic rings. The number of halogens is 3. The van der Waals surface area contributed by atoms with Gasteiger partial charge >= 0.3 is 6.18 Å². The van der Waals surface area contributed by atoms with Crippen LogP contribution in [0.5, 0.6) is 0 Å². The fraction of sp³-hybridized carbons (Fsp3) is 0.100. The van der Waals surface area contributed by atoms with Crippen LogP contribution in [0.15, 0.2) is 97.1 Å². The summed E-state index contributed by atoms with van der Waals surface area (Å²) in [7, 11) is 0. The summed E-state index contributed by atoms with van der Waals surface area (Å²) in [4.78, 5) is 37.4. The Hall–Kier alpha value is -5.12. The van der Waals surface area contributed by atoms with Crippen molar-refractivity contribution in [2.45, 2.75) is 13.1 Å². The monoisotopic (exact) mass is 546 g/mol. The first-order chi connectivity index (χ1) is 19.1. The van der Waals surface area contributed by atoms with Gasteiger partial charge in [-0.05, 0) is 79.7 Å². The van der Waals surface area contributed by atoms with Gasteiger partial charge in [0.2, 0.25) is 5.91 Å². The Morgan fingerprint density at radius 1 is 0.625 bits per heavy atom. The maximum absolute atomic E-state index is 12.9. The first-order valence-electron chi connectivity index (χ1n) is 12.2. The summed E-state index contributed by atoms with van der Waals surface area (Å²) in [5, 5.41) is 10.9. The molecule has 0 heterocycles. The third kappa shape index (κ3) is 7.70. The van der Waals surface area contributed by atoms with E-state index in [0.29, 0.717) is 22.6 Å². The van der Waals surface area contributed by atoms with Gasteiger partial charge in [-0.1, -0.05) is 29.8 Å². The molecule has 0 saturated heterocycles. The molecular formula is C30H25F3N4O3. The Balaban J connectivity index is 1.29. The number of benzene rings is 4. The van der Waals surface area contributed by atoms with E-state index in [0.717, 1.165) is 17.7 Å². The summed E-state index contributed by atoms with van der Waals surface area (Å²) in [6, 6.07) is 24.5. The molecule has 40 heavy (non-hydrogen) atoms. The number of hydrogen-bond donors (Lipinski definition) is 4. The van der Waals surface area contributed by atoms with Crippen LogP contribution in [0, 0.1) is 6.92 Å². The molecule has 0 atom stereocenters. The molecule has 204 valence electrons. The van der Waals surface area contributed by atoms with Gasteiger partial charge in [-0.15, -0.1) is 0 Å². The van der Waals surface area contributed by atoms with Crippen LogP contribution in [-0.2, 0) is 11.0 Å². The van der Waals surface area contributed by atoms with Crippen LogP contribution in [-0.4, -0.2) is 24.3 Å². The topological polar surface area (TPSA) is 99.3 Å². The van der Waals surface area contributed by atoms with Crippen molar-refractivity contribution in [3.8, 4) is 0 Å². The highest BCUT2D eigenvalue weighted by Crippen LogP contribution is 2.30. The van der Waals surface area contributed by atoms with E-state index in [2.05, 4.69) is 21.3 Å². The molecule has 7 nitrogen and oxygen atoms in total. The number of carbonyl (C=O) groups excluding carboxylic acids is 3. The largest absolute Gasteiger partial charge is 0.416 e. The molecule has 0 aromatic heterocycles. The van der Waals surface area contributed by atoms with E-state index in [9.17, 15) is 27.6 Å². The number of anilines is 4. The van der Waals surface area contributed by atoms with Gasteiger partial charge in [0.1, 0.15) is 0 Å². The first-order valence-corrected chi connectivity index (χ1v) is 12.2. The number of aryl methyl sites for hydroxylation is 1. The minimum Gasteiger partial charge on any atom is -0.376 e. The lowest BCUT2D eigenvalue weighted by atomic mass is 10.1. The van der Waals surface area contributed by atoms with E-state index in [1.165, 1.54) is 24.3 Å². The van der Waals surface area contributed by atoms with Gasteiger partial charge in [0.05, 0.1) is 12.1 Å². The highest BCUT2D eigenvalue weighted by Gasteiger charge is 2.30. The number of amides is 3. The molecule has 4 N–H and O–H groups in total. The molecule has 0 spiro atoms. The Labute approximate surface area is 228 Å². The lowest BCUT2D eigenvalue weighted by Crippen LogP contribution is -2.22. The molecule has 0 saturated carbocycles. The molecule has 0 radical (unpaired) electrons. The average molecular weight is 547 g/mol. The summed E-state index contributed by atoms with van der Waals surface area (Å²) in [6.45, 7) is 1.80. The van der Waals surface area contributed by atoms with Crippen molar-refractivity contribution in [1.29, 1.82) is 0 Å². The Morgan fingerprint density at radius 3 is 1.82 bits per heavy atom. The van der Waals surface area contributed by atoms with Crippen molar-refractivity contribution in [2.24, 2.45) is 0 Å². The lowest BCUT2D eigenvalue weighted by molar-refractivity contribution is -0.137. The standard InChI is InChI=1S/C30H25F3N4O3/c1-19-5-2-6-20(15-19)28(39)36-24-13-11-23(12-14-24)35-27(38)18-34-25-9-3-7-21(16-25)29(40)37-26-10-4-8-22(17-26)30(31,32)33/h2-17,34H,18H2,1H3,(H,35,38)(H,36,39)(H,37,40). The normalized spacial score (nSPS) is 10.9. The van der Waals surface area contributed by atoms with Crippen LogP contribution in [0.2, 0.25) is 0 Å². The Bertz CT molecular complexity index is 1540. The number of alkyl halides is 3. The zero-order valence-electron chi connectivity index (χ0n) is 21.3. The average Bonchev–Trinajstić information content (AvgIpc) is 2.93. The van der Waals surface area contributed by atoms with Crippen LogP contribution in [0.25, 0.3) is 0 Å². The summed E-state index contributed by atoms with van der Waals surface area (Å²) in [5.74, 6) is -1.19. The lowest BCUT2D eigenvalue weighted by Gasteiger charge is -2.11. The van der Waals surface area contributed by atoms with Crippen molar-refractivity contribution < 1.29 is 27.6 Å². The van der Waals surface area contributed by atoms with Crippen LogP contribution >= 0.6 is 0 Å². The highest BCUT2D eigenvalue weighted by atomic mass is 19.4. The molecule has 4 rings (SSSR count). The second-order valence-corrected chi connectivity index (χ2v) is 8.92. The third-order valence-electron chi connectivity index (χ3n) is 5.73. The van der Waals surface area contributed by atoms with Crippen LogP contribution in [0.3, 0.4) is 0 Å². The van der Waals surface area contributed by atoms with Gasteiger partial charge < -0.3 is 21.3 Å². The Morgan fingerprint density at radius 2 is 1.18 bits per heavy atom. The van der Waals surface area contributed by atoms with Crippen molar-refractivity contribution in [1.82, 2.24) is 0 Å². The molecule has 4 aromatic rings. The number of rotatable bonds is 8. The molecule has 3 amide bonds. The van der Waals surface area contributed by atoms with E-state index in [1.54, 1.807) is 48.5 Å². The van der Waals surface area contributed by atoms with E-state index < -0.39 is 17.6 Å². The van der Waals surface area contributed by atoms with Crippen molar-refractivity contribution >= 4 is 40.5 Å². The van der Waals surface area contributed by atoms with Crippen LogP contribution in [0.4, 0.5) is 35.9 Å². The fourth-order valence-corrected chi connectivity index (χ4v) is 3.76. The maximum Gasteiger partial charge on any atom is 0.416 e. The summed E-state index contributed by atoms with van der Waals surface area (Å²) in [5.41, 5.74) is 2.43. The molecule has 0 bridgehead atoms. The Kier molecular flexibility index (Phi) is 8.48. The third-order valence-corrected chi connectivity index (χ3v) is 5.73. The van der Waals surface area contributed by atoms with E-state index in [4.69, 9.17) is 0 Å². The zero-order valence-corrected chi connectivity index (χ0v) is 21.3. The zero-order chi connectivity index (χ0) is 28.7. The van der Waals surface area contributed by atoms with E-state index >= 15 is 0 Å². The van der Waals surface area contributed by atoms with Gasteiger partial charge in [0, 0.05) is 33.9 Å². The second-order valence-electron chi connectivity index (χ2n) is 8.92. The molecule has 4 aromatic carbocycles. The highest BCUT2D eigenvalue weighted by molar-refractivity contribution is 6.05. The minimum atomic E-state index is -4.52. The summed E-state index contributed by atoms with van der Waals surface area (Å²) < 4.78 is 38.8. The predicted octanol–water partition coefficient (Wildman–Crippen LogP) is 6.57. The van der Waals surface area contributed by atoms with Gasteiger partial charge in [0.25, 0.3) is 11.8 Å².